The van der Waals surface area contributed by atoms with Crippen LogP contribution < -0.4 is 0 Å². The Morgan fingerprint density at radius 3 is 2.84 bits per heavy atom. The standard InChI is InChI=1S/C13H14N2O3S/c1-9(13(16)17)7-19-8-11-14-12(15-18-11)10-5-3-2-4-6-10/h2-6,9H,7-8H2,1H3,(H,16,17). The lowest BCUT2D eigenvalue weighted by Crippen LogP contribution is -2.11. The summed E-state index contributed by atoms with van der Waals surface area (Å²) in [5, 5.41) is 12.7. The van der Waals surface area contributed by atoms with Crippen molar-refractivity contribution in [1.29, 1.82) is 0 Å². The monoisotopic (exact) mass is 278 g/mol. The number of hydrogen-bond acceptors (Lipinski definition) is 5. The molecule has 0 bridgehead atoms. The van der Waals surface area contributed by atoms with Crippen molar-refractivity contribution in [3.05, 3.63) is 36.2 Å². The molecule has 0 amide bonds. The predicted octanol–water partition coefficient (Wildman–Crippen LogP) is 2.69. The van der Waals surface area contributed by atoms with Gasteiger partial charge in [-0.25, -0.2) is 0 Å². The van der Waals surface area contributed by atoms with Crippen LogP contribution in [0.5, 0.6) is 0 Å². The van der Waals surface area contributed by atoms with Gasteiger partial charge in [0.05, 0.1) is 11.7 Å². The van der Waals surface area contributed by atoms with Crippen molar-refractivity contribution in [3.63, 3.8) is 0 Å². The Bertz CT molecular complexity index is 542. The molecule has 0 spiro atoms. The number of hydrogen-bond donors (Lipinski definition) is 1. The van der Waals surface area contributed by atoms with Gasteiger partial charge < -0.3 is 9.63 Å². The molecule has 0 saturated heterocycles. The van der Waals surface area contributed by atoms with Crippen molar-refractivity contribution >= 4 is 17.7 Å². The van der Waals surface area contributed by atoms with Crippen LogP contribution >= 0.6 is 11.8 Å². The van der Waals surface area contributed by atoms with Gasteiger partial charge in [-0.05, 0) is 0 Å². The maximum atomic E-state index is 10.7. The Kier molecular flexibility index (Phi) is 4.57. The van der Waals surface area contributed by atoms with E-state index in [1.165, 1.54) is 11.8 Å². The Balaban J connectivity index is 1.90. The highest BCUT2D eigenvalue weighted by atomic mass is 32.2. The van der Waals surface area contributed by atoms with Crippen molar-refractivity contribution in [2.45, 2.75) is 12.7 Å². The fourth-order valence-electron chi connectivity index (χ4n) is 1.41. The molecule has 19 heavy (non-hydrogen) atoms. The van der Waals surface area contributed by atoms with Crippen molar-refractivity contribution in [2.24, 2.45) is 5.92 Å². The maximum Gasteiger partial charge on any atom is 0.307 e. The Morgan fingerprint density at radius 1 is 1.42 bits per heavy atom. The van der Waals surface area contributed by atoms with Crippen molar-refractivity contribution in [2.75, 3.05) is 5.75 Å². The average Bonchev–Trinajstić information content (AvgIpc) is 2.88. The molecule has 0 fully saturated rings. The second kappa shape index (κ2) is 6.38. The van der Waals surface area contributed by atoms with E-state index in [2.05, 4.69) is 10.1 Å². The summed E-state index contributed by atoms with van der Waals surface area (Å²) >= 11 is 1.47. The van der Waals surface area contributed by atoms with Gasteiger partial charge in [0.15, 0.2) is 0 Å². The Labute approximate surface area is 115 Å². The highest BCUT2D eigenvalue weighted by Crippen LogP contribution is 2.18. The minimum atomic E-state index is -0.789. The number of carboxylic acids is 1. The summed E-state index contributed by atoms with van der Waals surface area (Å²) in [6.07, 6.45) is 0. The normalized spacial score (nSPS) is 12.3. The molecule has 5 nitrogen and oxygen atoms in total. The zero-order valence-electron chi connectivity index (χ0n) is 10.4. The lowest BCUT2D eigenvalue weighted by atomic mass is 10.2. The zero-order valence-corrected chi connectivity index (χ0v) is 11.3. The summed E-state index contributed by atoms with van der Waals surface area (Å²) in [5.74, 6) is 0.962. The first kappa shape index (κ1) is 13.6. The smallest absolute Gasteiger partial charge is 0.307 e. The van der Waals surface area contributed by atoms with Crippen molar-refractivity contribution in [1.82, 2.24) is 10.1 Å². The number of aromatic nitrogens is 2. The number of carboxylic acid groups (broad SMARTS) is 1. The van der Waals surface area contributed by atoms with E-state index in [-0.39, 0.29) is 5.92 Å². The SMILES string of the molecule is CC(CSCc1nc(-c2ccccc2)no1)C(=O)O. The molecular weight excluding hydrogens is 264 g/mol. The minimum absolute atomic E-state index is 0.374. The summed E-state index contributed by atoms with van der Waals surface area (Å²) in [5.41, 5.74) is 0.904. The van der Waals surface area contributed by atoms with Gasteiger partial charge in [-0.15, -0.1) is 0 Å². The van der Waals surface area contributed by atoms with E-state index in [0.29, 0.717) is 23.2 Å². The molecule has 6 heteroatoms. The number of carbonyl (C=O) groups is 1. The number of aliphatic carboxylic acids is 1. The molecule has 0 saturated carbocycles. The number of rotatable bonds is 6. The summed E-state index contributed by atoms with van der Waals surface area (Å²) in [6, 6.07) is 9.57. The molecule has 1 unspecified atom stereocenters. The number of benzene rings is 1. The van der Waals surface area contributed by atoms with E-state index >= 15 is 0 Å². The highest BCUT2D eigenvalue weighted by molar-refractivity contribution is 7.98. The molecule has 0 radical (unpaired) electrons. The maximum absolute atomic E-state index is 10.7. The van der Waals surface area contributed by atoms with Crippen LogP contribution in [0.25, 0.3) is 11.4 Å². The summed E-state index contributed by atoms with van der Waals surface area (Å²) < 4.78 is 5.13. The second-order valence-electron chi connectivity index (χ2n) is 4.13. The predicted molar refractivity (Wildman–Crippen MR) is 72.7 cm³/mol. The van der Waals surface area contributed by atoms with E-state index in [1.807, 2.05) is 30.3 Å². The van der Waals surface area contributed by atoms with Gasteiger partial charge in [0.2, 0.25) is 11.7 Å². The van der Waals surface area contributed by atoms with E-state index in [1.54, 1.807) is 6.92 Å². The van der Waals surface area contributed by atoms with Crippen LogP contribution in [0, 0.1) is 5.92 Å². The van der Waals surface area contributed by atoms with Crippen molar-refractivity contribution < 1.29 is 14.4 Å². The van der Waals surface area contributed by atoms with Crippen molar-refractivity contribution in [3.8, 4) is 11.4 Å². The van der Waals surface area contributed by atoms with Crippen LogP contribution in [-0.4, -0.2) is 27.0 Å². The first-order valence-corrected chi connectivity index (χ1v) is 7.01. The van der Waals surface area contributed by atoms with Crippen LogP contribution in [0.15, 0.2) is 34.9 Å². The molecular formula is C13H14N2O3S. The number of nitrogens with zero attached hydrogens (tertiary/aromatic N) is 2. The molecule has 1 aromatic heterocycles. The molecule has 0 aliphatic rings. The second-order valence-corrected chi connectivity index (χ2v) is 5.16. The van der Waals surface area contributed by atoms with Gasteiger partial charge in [0, 0.05) is 11.3 Å². The molecule has 2 rings (SSSR count). The molecule has 100 valence electrons. The van der Waals surface area contributed by atoms with Crippen LogP contribution in [0.3, 0.4) is 0 Å². The molecule has 0 aliphatic carbocycles. The largest absolute Gasteiger partial charge is 0.481 e. The summed E-state index contributed by atoms with van der Waals surface area (Å²) in [7, 11) is 0. The Hall–Kier alpha value is -1.82. The zero-order chi connectivity index (χ0) is 13.7. The third-order valence-electron chi connectivity index (χ3n) is 2.52. The highest BCUT2D eigenvalue weighted by Gasteiger charge is 2.12. The van der Waals surface area contributed by atoms with Gasteiger partial charge in [-0.3, -0.25) is 4.79 Å². The quantitative estimate of drug-likeness (QED) is 0.875. The van der Waals surface area contributed by atoms with E-state index in [4.69, 9.17) is 9.63 Å². The fraction of sp³-hybridized carbons (Fsp3) is 0.308. The van der Waals surface area contributed by atoms with E-state index in [9.17, 15) is 4.79 Å². The molecule has 1 aromatic carbocycles. The van der Waals surface area contributed by atoms with Gasteiger partial charge in [0.25, 0.3) is 0 Å². The van der Waals surface area contributed by atoms with Crippen LogP contribution in [-0.2, 0) is 10.5 Å². The third-order valence-corrected chi connectivity index (χ3v) is 3.70. The van der Waals surface area contributed by atoms with Gasteiger partial charge in [0.1, 0.15) is 0 Å². The minimum Gasteiger partial charge on any atom is -0.481 e. The topological polar surface area (TPSA) is 76.2 Å². The van der Waals surface area contributed by atoms with Gasteiger partial charge in [-0.1, -0.05) is 42.4 Å². The third kappa shape index (κ3) is 3.82. The van der Waals surface area contributed by atoms with E-state index < -0.39 is 5.97 Å². The molecule has 1 N–H and O–H groups in total. The number of thioether (sulfide) groups is 1. The average molecular weight is 278 g/mol. The molecule has 1 atom stereocenters. The van der Waals surface area contributed by atoms with Gasteiger partial charge in [-0.2, -0.15) is 16.7 Å². The molecule has 2 aromatic rings. The lowest BCUT2D eigenvalue weighted by molar-refractivity contribution is -0.140. The van der Waals surface area contributed by atoms with Crippen LogP contribution in [0.2, 0.25) is 0 Å². The van der Waals surface area contributed by atoms with Gasteiger partial charge >= 0.3 is 5.97 Å². The molecule has 0 aliphatic heterocycles. The summed E-state index contributed by atoms with van der Waals surface area (Å²) in [4.78, 5) is 14.9. The first-order valence-electron chi connectivity index (χ1n) is 5.85. The van der Waals surface area contributed by atoms with Crippen LogP contribution in [0.1, 0.15) is 12.8 Å². The Morgan fingerprint density at radius 2 is 2.16 bits per heavy atom. The van der Waals surface area contributed by atoms with Crippen LogP contribution in [0.4, 0.5) is 0 Å². The van der Waals surface area contributed by atoms with E-state index in [0.717, 1.165) is 5.56 Å². The summed E-state index contributed by atoms with van der Waals surface area (Å²) in [6.45, 7) is 1.68. The first-order chi connectivity index (χ1) is 9.16. The fourth-order valence-corrected chi connectivity index (χ4v) is 2.32. The lowest BCUT2D eigenvalue weighted by Gasteiger charge is -2.02. The molecule has 1 heterocycles.